The molecule has 0 aliphatic carbocycles. The monoisotopic (exact) mass is 366 g/mol. The quantitative estimate of drug-likeness (QED) is 0.710. The fraction of sp³-hybridized carbons (Fsp3) is 0.632. The molecule has 0 saturated carbocycles. The molecule has 1 aromatic rings. The van der Waals surface area contributed by atoms with Crippen LogP contribution in [0.15, 0.2) is 30.3 Å². The molecule has 25 heavy (non-hydrogen) atoms. The van der Waals surface area contributed by atoms with Crippen LogP contribution in [0.1, 0.15) is 38.2 Å². The average molecular weight is 367 g/mol. The molecule has 6 heteroatoms. The lowest BCUT2D eigenvalue weighted by Crippen LogP contribution is -2.41. The first kappa shape index (κ1) is 19.9. The molecule has 1 amide bonds. The van der Waals surface area contributed by atoms with E-state index in [1.165, 1.54) is 16.1 Å². The molecule has 1 fully saturated rings. The van der Waals surface area contributed by atoms with E-state index in [4.69, 9.17) is 0 Å². The number of sulfonamides is 1. The van der Waals surface area contributed by atoms with Crippen LogP contribution in [0.5, 0.6) is 0 Å². The molecule has 0 N–H and O–H groups in total. The third-order valence-electron chi connectivity index (χ3n) is 4.85. The van der Waals surface area contributed by atoms with E-state index in [-0.39, 0.29) is 18.9 Å². The second-order valence-corrected chi connectivity index (χ2v) is 8.91. The molecule has 0 spiro atoms. The van der Waals surface area contributed by atoms with Crippen molar-refractivity contribution in [1.82, 2.24) is 9.21 Å². The number of hydrogen-bond donors (Lipinski definition) is 0. The minimum absolute atomic E-state index is 0.0721. The third kappa shape index (κ3) is 6.44. The first-order valence-electron chi connectivity index (χ1n) is 9.17. The summed E-state index contributed by atoms with van der Waals surface area (Å²) in [5.41, 5.74) is 1.36. The van der Waals surface area contributed by atoms with Crippen LogP contribution in [0.4, 0.5) is 0 Å². The predicted octanol–water partition coefficient (Wildman–Crippen LogP) is 2.53. The number of hydrogen-bond acceptors (Lipinski definition) is 3. The fourth-order valence-corrected chi connectivity index (χ4v) is 4.34. The second kappa shape index (κ2) is 9.34. The van der Waals surface area contributed by atoms with Crippen molar-refractivity contribution in [3.05, 3.63) is 35.9 Å². The maximum Gasteiger partial charge on any atom is 0.223 e. The number of amides is 1. The Bertz CT molecular complexity index is 638. The van der Waals surface area contributed by atoms with Gasteiger partial charge in [0.25, 0.3) is 0 Å². The van der Waals surface area contributed by atoms with Crippen LogP contribution in [0.25, 0.3) is 0 Å². The summed E-state index contributed by atoms with van der Waals surface area (Å²) in [6.45, 7) is 4.27. The van der Waals surface area contributed by atoms with Gasteiger partial charge in [0.15, 0.2) is 0 Å². The zero-order chi connectivity index (χ0) is 18.3. The molecule has 140 valence electrons. The minimum atomic E-state index is -3.23. The van der Waals surface area contributed by atoms with E-state index in [2.05, 4.69) is 24.3 Å². The van der Waals surface area contributed by atoms with Gasteiger partial charge < -0.3 is 4.90 Å². The molecule has 0 radical (unpaired) electrons. The van der Waals surface area contributed by atoms with Crippen LogP contribution in [0.3, 0.4) is 0 Å². The van der Waals surface area contributed by atoms with E-state index < -0.39 is 10.0 Å². The van der Waals surface area contributed by atoms with Gasteiger partial charge in [-0.2, -0.15) is 0 Å². The van der Waals surface area contributed by atoms with Crippen molar-refractivity contribution >= 4 is 15.9 Å². The summed E-state index contributed by atoms with van der Waals surface area (Å²) in [6.07, 6.45) is 5.35. The Morgan fingerprint density at radius 1 is 1.16 bits per heavy atom. The maximum absolute atomic E-state index is 12.4. The van der Waals surface area contributed by atoms with E-state index in [1.54, 1.807) is 0 Å². The molecule has 1 aliphatic rings. The molecule has 1 aromatic carbocycles. The molecule has 0 bridgehead atoms. The molecular weight excluding hydrogens is 336 g/mol. The molecule has 1 saturated heterocycles. The SMILES string of the molecule is CCCN(CCC(=O)N1CCC(Cc2ccccc2)CC1)S(C)(=O)=O. The van der Waals surface area contributed by atoms with Gasteiger partial charge in [0, 0.05) is 32.6 Å². The smallest absolute Gasteiger partial charge is 0.223 e. The summed E-state index contributed by atoms with van der Waals surface area (Å²) in [5, 5.41) is 0. The molecule has 0 unspecified atom stereocenters. The van der Waals surface area contributed by atoms with Crippen LogP contribution in [0, 0.1) is 5.92 Å². The number of nitrogens with zero attached hydrogens (tertiary/aromatic N) is 2. The van der Waals surface area contributed by atoms with Gasteiger partial charge in [-0.15, -0.1) is 0 Å². The average Bonchev–Trinajstić information content (AvgIpc) is 2.59. The molecule has 1 heterocycles. The topological polar surface area (TPSA) is 57.7 Å². The van der Waals surface area contributed by atoms with E-state index in [0.29, 0.717) is 12.5 Å². The van der Waals surface area contributed by atoms with Crippen LogP contribution in [-0.2, 0) is 21.2 Å². The van der Waals surface area contributed by atoms with Crippen molar-refractivity contribution in [2.45, 2.75) is 39.0 Å². The Balaban J connectivity index is 1.77. The Labute approximate surface area is 152 Å². The van der Waals surface area contributed by atoms with Gasteiger partial charge in [-0.25, -0.2) is 12.7 Å². The van der Waals surface area contributed by atoms with Crippen molar-refractivity contribution < 1.29 is 13.2 Å². The summed E-state index contributed by atoms with van der Waals surface area (Å²) in [5.74, 6) is 0.696. The van der Waals surface area contributed by atoms with Crippen molar-refractivity contribution in [3.8, 4) is 0 Å². The van der Waals surface area contributed by atoms with Gasteiger partial charge >= 0.3 is 0 Å². The summed E-state index contributed by atoms with van der Waals surface area (Å²) < 4.78 is 24.9. The molecular formula is C19H30N2O3S. The highest BCUT2D eigenvalue weighted by molar-refractivity contribution is 7.88. The number of rotatable bonds is 8. The van der Waals surface area contributed by atoms with E-state index in [9.17, 15) is 13.2 Å². The summed E-state index contributed by atoms with van der Waals surface area (Å²) >= 11 is 0. The van der Waals surface area contributed by atoms with E-state index in [0.717, 1.165) is 38.8 Å². The van der Waals surface area contributed by atoms with Gasteiger partial charge in [0.2, 0.25) is 15.9 Å². The van der Waals surface area contributed by atoms with Gasteiger partial charge in [0.05, 0.1) is 6.26 Å². The minimum Gasteiger partial charge on any atom is -0.343 e. The highest BCUT2D eigenvalue weighted by Gasteiger charge is 2.24. The molecule has 0 atom stereocenters. The zero-order valence-electron chi connectivity index (χ0n) is 15.4. The van der Waals surface area contributed by atoms with Gasteiger partial charge in [-0.05, 0) is 37.2 Å². The van der Waals surface area contributed by atoms with Gasteiger partial charge in [0.1, 0.15) is 0 Å². The highest BCUT2D eigenvalue weighted by atomic mass is 32.2. The zero-order valence-corrected chi connectivity index (χ0v) is 16.2. The number of carbonyl (C=O) groups is 1. The predicted molar refractivity (Wildman–Crippen MR) is 101 cm³/mol. The lowest BCUT2D eigenvalue weighted by atomic mass is 9.90. The van der Waals surface area contributed by atoms with Crippen molar-refractivity contribution in [3.63, 3.8) is 0 Å². The van der Waals surface area contributed by atoms with Crippen LogP contribution in [-0.4, -0.2) is 56.0 Å². The maximum atomic E-state index is 12.4. The molecule has 2 rings (SSSR count). The standard InChI is InChI=1S/C19H30N2O3S/c1-3-12-21(25(2,23)24)15-11-19(22)20-13-9-18(10-14-20)16-17-7-5-4-6-8-17/h4-8,18H,3,9-16H2,1-2H3. The van der Waals surface area contributed by atoms with Crippen LogP contribution in [0.2, 0.25) is 0 Å². The number of carbonyl (C=O) groups excluding carboxylic acids is 1. The van der Waals surface area contributed by atoms with Crippen LogP contribution < -0.4 is 0 Å². The Morgan fingerprint density at radius 3 is 2.36 bits per heavy atom. The number of likely N-dealkylation sites (tertiary alicyclic amines) is 1. The lowest BCUT2D eigenvalue weighted by molar-refractivity contribution is -0.132. The Hall–Kier alpha value is -1.40. The Morgan fingerprint density at radius 2 is 1.80 bits per heavy atom. The lowest BCUT2D eigenvalue weighted by Gasteiger charge is -2.32. The van der Waals surface area contributed by atoms with Crippen molar-refractivity contribution in [2.24, 2.45) is 5.92 Å². The first-order valence-corrected chi connectivity index (χ1v) is 11.0. The molecule has 0 aromatic heterocycles. The van der Waals surface area contributed by atoms with Crippen molar-refractivity contribution in [1.29, 1.82) is 0 Å². The van der Waals surface area contributed by atoms with E-state index >= 15 is 0 Å². The molecule has 1 aliphatic heterocycles. The molecule has 5 nitrogen and oxygen atoms in total. The summed E-state index contributed by atoms with van der Waals surface area (Å²) in [6, 6.07) is 10.5. The van der Waals surface area contributed by atoms with Gasteiger partial charge in [-0.1, -0.05) is 37.3 Å². The first-order chi connectivity index (χ1) is 11.9. The largest absolute Gasteiger partial charge is 0.343 e. The second-order valence-electron chi connectivity index (χ2n) is 6.93. The van der Waals surface area contributed by atoms with Crippen LogP contribution >= 0.6 is 0 Å². The normalized spacial score (nSPS) is 16.4. The summed E-state index contributed by atoms with van der Waals surface area (Å²) in [7, 11) is -3.23. The van der Waals surface area contributed by atoms with Gasteiger partial charge in [-0.3, -0.25) is 4.79 Å². The highest BCUT2D eigenvalue weighted by Crippen LogP contribution is 2.22. The third-order valence-corrected chi connectivity index (χ3v) is 6.15. The van der Waals surface area contributed by atoms with Crippen molar-refractivity contribution in [2.75, 3.05) is 32.4 Å². The summed E-state index contributed by atoms with van der Waals surface area (Å²) in [4.78, 5) is 14.3. The fourth-order valence-electron chi connectivity index (χ4n) is 3.41. The van der Waals surface area contributed by atoms with E-state index in [1.807, 2.05) is 17.9 Å². The Kier molecular flexibility index (Phi) is 7.44. The number of piperidine rings is 1. The number of benzene rings is 1.